The lowest BCUT2D eigenvalue weighted by Crippen LogP contribution is -2.49. The second kappa shape index (κ2) is 7.14. The maximum Gasteiger partial charge on any atom is 0.322 e. The van der Waals surface area contributed by atoms with E-state index >= 15 is 0 Å². The molecule has 2 aromatic rings. The van der Waals surface area contributed by atoms with E-state index in [0.717, 1.165) is 12.8 Å². The summed E-state index contributed by atoms with van der Waals surface area (Å²) in [5.74, 6) is 0.461. The van der Waals surface area contributed by atoms with Crippen LogP contribution >= 0.6 is 23.2 Å². The minimum Gasteiger partial charge on any atom is -0.360 e. The Balaban J connectivity index is 1.79. The van der Waals surface area contributed by atoms with Gasteiger partial charge in [0.15, 0.2) is 5.82 Å². The fourth-order valence-corrected chi connectivity index (χ4v) is 4.05. The molecule has 4 rings (SSSR count). The average Bonchev–Trinajstić information content (AvgIpc) is 3.36. The van der Waals surface area contributed by atoms with Crippen molar-refractivity contribution in [3.63, 3.8) is 0 Å². The number of anilines is 1. The van der Waals surface area contributed by atoms with Gasteiger partial charge in [-0.25, -0.2) is 4.79 Å². The van der Waals surface area contributed by atoms with Gasteiger partial charge in [0, 0.05) is 33.4 Å². The van der Waals surface area contributed by atoms with Gasteiger partial charge in [0.05, 0.1) is 11.6 Å². The van der Waals surface area contributed by atoms with Gasteiger partial charge in [-0.2, -0.15) is 0 Å². The van der Waals surface area contributed by atoms with E-state index in [1.165, 1.54) is 0 Å². The van der Waals surface area contributed by atoms with Crippen LogP contribution in [0.1, 0.15) is 37.1 Å². The van der Waals surface area contributed by atoms with Crippen LogP contribution in [-0.2, 0) is 4.79 Å². The van der Waals surface area contributed by atoms with Crippen LogP contribution in [0, 0.1) is 6.92 Å². The summed E-state index contributed by atoms with van der Waals surface area (Å²) >= 11 is 12.7. The maximum atomic E-state index is 13.2. The molecule has 9 heteroatoms. The van der Waals surface area contributed by atoms with Crippen LogP contribution in [0.15, 0.2) is 40.1 Å². The largest absolute Gasteiger partial charge is 0.360 e. The number of amides is 3. The Morgan fingerprint density at radius 2 is 1.96 bits per heavy atom. The molecule has 1 saturated carbocycles. The van der Waals surface area contributed by atoms with Crippen molar-refractivity contribution in [3.8, 4) is 0 Å². The molecule has 0 bridgehead atoms. The fraction of sp³-hybridized carbons (Fsp3) is 0.316. The lowest BCUT2D eigenvalue weighted by molar-refractivity contribution is -0.113. The van der Waals surface area contributed by atoms with Crippen LogP contribution in [0.4, 0.5) is 10.6 Å². The molecular weight excluding hydrogens is 403 g/mol. The number of hydrogen-bond donors (Lipinski definition) is 2. The van der Waals surface area contributed by atoms with Crippen molar-refractivity contribution in [2.45, 2.75) is 38.8 Å². The number of carbonyl (C=O) groups excluding carboxylic acids is 2. The molecular formula is C19H18Cl2N4O3. The number of allylic oxidation sites excluding steroid dienone is 1. The van der Waals surface area contributed by atoms with Gasteiger partial charge in [-0.15, -0.1) is 0 Å². The predicted octanol–water partition coefficient (Wildman–Crippen LogP) is 4.43. The molecule has 28 heavy (non-hydrogen) atoms. The van der Waals surface area contributed by atoms with Crippen molar-refractivity contribution < 1.29 is 14.1 Å². The number of carbonyl (C=O) groups is 2. The molecule has 1 aromatic heterocycles. The van der Waals surface area contributed by atoms with E-state index < -0.39 is 11.9 Å². The Hall–Kier alpha value is -2.51. The van der Waals surface area contributed by atoms with Crippen LogP contribution in [0.3, 0.4) is 0 Å². The molecule has 1 atom stereocenters. The maximum absolute atomic E-state index is 13.2. The molecule has 0 radical (unpaired) electrons. The van der Waals surface area contributed by atoms with Crippen molar-refractivity contribution in [2.24, 2.45) is 0 Å². The zero-order valence-corrected chi connectivity index (χ0v) is 16.8. The van der Waals surface area contributed by atoms with Crippen molar-refractivity contribution in [2.75, 3.05) is 5.32 Å². The second-order valence-electron chi connectivity index (χ2n) is 6.90. The van der Waals surface area contributed by atoms with E-state index in [1.807, 2.05) is 0 Å². The molecule has 2 heterocycles. The van der Waals surface area contributed by atoms with Crippen molar-refractivity contribution in [3.05, 3.63) is 56.9 Å². The molecule has 1 aliphatic carbocycles. The number of benzene rings is 1. The van der Waals surface area contributed by atoms with Gasteiger partial charge in [0.2, 0.25) is 0 Å². The highest BCUT2D eigenvalue weighted by molar-refractivity contribution is 6.36. The monoisotopic (exact) mass is 420 g/mol. The fourth-order valence-electron chi connectivity index (χ4n) is 3.44. The molecule has 7 nitrogen and oxygen atoms in total. The minimum absolute atomic E-state index is 0.0970. The van der Waals surface area contributed by atoms with E-state index in [1.54, 1.807) is 43.0 Å². The van der Waals surface area contributed by atoms with E-state index in [0.29, 0.717) is 38.5 Å². The number of nitrogens with zero attached hydrogens (tertiary/aromatic N) is 2. The predicted molar refractivity (Wildman–Crippen MR) is 105 cm³/mol. The second-order valence-corrected chi connectivity index (χ2v) is 7.71. The van der Waals surface area contributed by atoms with Crippen LogP contribution < -0.4 is 10.6 Å². The van der Waals surface area contributed by atoms with E-state index in [-0.39, 0.29) is 12.1 Å². The summed E-state index contributed by atoms with van der Waals surface area (Å²) in [7, 11) is 0. The number of aryl methyl sites for hydroxylation is 1. The molecule has 0 unspecified atom stereocenters. The third-order valence-electron chi connectivity index (χ3n) is 4.84. The number of nitrogens with one attached hydrogen (secondary N) is 2. The minimum atomic E-state index is -0.781. The lowest BCUT2D eigenvalue weighted by Gasteiger charge is -2.36. The zero-order chi connectivity index (χ0) is 20.0. The first-order chi connectivity index (χ1) is 13.4. The third kappa shape index (κ3) is 3.36. The van der Waals surface area contributed by atoms with Gasteiger partial charge < -0.3 is 15.2 Å². The first-order valence-electron chi connectivity index (χ1n) is 8.86. The summed E-state index contributed by atoms with van der Waals surface area (Å²) < 4.78 is 5.01. The molecule has 1 aliphatic heterocycles. The number of aromatic nitrogens is 1. The standard InChI is InChI=1S/C19H18Cl2N4O3/c1-9-8-14(24-28-9)22-18(26)15-10(2)25(11-6-7-11)19(27)23-17(15)16-12(20)4-3-5-13(16)21/h3-5,8,11,17H,6-7H2,1-2H3,(H,23,27)(H,22,24,26)/t17-/m0/s1. The zero-order valence-electron chi connectivity index (χ0n) is 15.3. The van der Waals surface area contributed by atoms with Gasteiger partial charge in [-0.3, -0.25) is 9.69 Å². The van der Waals surface area contributed by atoms with E-state index in [2.05, 4.69) is 15.8 Å². The Bertz CT molecular complexity index is 977. The third-order valence-corrected chi connectivity index (χ3v) is 5.50. The van der Waals surface area contributed by atoms with Gasteiger partial charge in [0.1, 0.15) is 5.76 Å². The van der Waals surface area contributed by atoms with Gasteiger partial charge in [0.25, 0.3) is 5.91 Å². The SMILES string of the molecule is CC1=C(C(=O)Nc2cc(C)on2)[C@@H](c2c(Cl)cccc2Cl)NC(=O)N1C1CC1. The molecule has 1 aromatic carbocycles. The van der Waals surface area contributed by atoms with Crippen molar-refractivity contribution in [1.29, 1.82) is 0 Å². The summed E-state index contributed by atoms with van der Waals surface area (Å²) in [6.07, 6.45) is 1.80. The van der Waals surface area contributed by atoms with E-state index in [4.69, 9.17) is 27.7 Å². The van der Waals surface area contributed by atoms with Gasteiger partial charge >= 0.3 is 6.03 Å². The van der Waals surface area contributed by atoms with Gasteiger partial charge in [-0.1, -0.05) is 34.4 Å². The quantitative estimate of drug-likeness (QED) is 0.765. The highest BCUT2D eigenvalue weighted by atomic mass is 35.5. The molecule has 2 N–H and O–H groups in total. The summed E-state index contributed by atoms with van der Waals surface area (Å²) in [6.45, 7) is 3.49. The molecule has 0 spiro atoms. The van der Waals surface area contributed by atoms with Crippen molar-refractivity contribution >= 4 is 41.0 Å². The topological polar surface area (TPSA) is 87.5 Å². The average molecular weight is 421 g/mol. The van der Waals surface area contributed by atoms with Crippen LogP contribution in [0.5, 0.6) is 0 Å². The van der Waals surface area contributed by atoms with Crippen LogP contribution in [0.2, 0.25) is 10.0 Å². The number of halogens is 2. The summed E-state index contributed by atoms with van der Waals surface area (Å²) in [4.78, 5) is 27.6. The van der Waals surface area contributed by atoms with Crippen molar-refractivity contribution in [1.82, 2.24) is 15.4 Å². The Morgan fingerprint density at radius 1 is 1.29 bits per heavy atom. The first-order valence-corrected chi connectivity index (χ1v) is 9.61. The molecule has 2 aliphatic rings. The highest BCUT2D eigenvalue weighted by Crippen LogP contribution is 2.41. The first kappa shape index (κ1) is 18.8. The molecule has 146 valence electrons. The molecule has 1 fully saturated rings. The molecule has 3 amide bonds. The summed E-state index contributed by atoms with van der Waals surface area (Å²) in [5.41, 5.74) is 1.42. The highest BCUT2D eigenvalue weighted by Gasteiger charge is 2.43. The normalized spacial score (nSPS) is 19.6. The smallest absolute Gasteiger partial charge is 0.322 e. The summed E-state index contributed by atoms with van der Waals surface area (Å²) in [5, 5.41) is 10.2. The van der Waals surface area contributed by atoms with Crippen LogP contribution in [-0.4, -0.2) is 28.0 Å². The Labute approximate surface area is 171 Å². The van der Waals surface area contributed by atoms with Crippen LogP contribution in [0.25, 0.3) is 0 Å². The van der Waals surface area contributed by atoms with E-state index in [9.17, 15) is 9.59 Å². The van der Waals surface area contributed by atoms with Gasteiger partial charge in [-0.05, 0) is 38.8 Å². The Morgan fingerprint density at radius 3 is 2.54 bits per heavy atom. The summed E-state index contributed by atoms with van der Waals surface area (Å²) in [6, 6.07) is 5.73. The molecule has 0 saturated heterocycles. The number of hydrogen-bond acceptors (Lipinski definition) is 4. The number of urea groups is 1. The Kier molecular flexibility index (Phi) is 4.81. The lowest BCUT2D eigenvalue weighted by atomic mass is 9.94. The number of rotatable bonds is 4.